The number of rotatable bonds is 5. The number of hydrogen-bond acceptors (Lipinski definition) is 6. The SMILES string of the molecule is NC(=O)Cn1nc(Cn2nccn2)nc1-c1cccc2[nH]ncc12. The number of hydrogen-bond donors (Lipinski definition) is 2. The van der Waals surface area contributed by atoms with E-state index in [4.69, 9.17) is 5.73 Å². The standard InChI is InChI=1S/C14H13N9O/c15-12(24)7-22-14(9-2-1-3-11-10(9)6-16-20-11)19-13(21-22)8-23-17-4-5-18-23/h1-6H,7-8H2,(H2,15,24)(H,16,20). The predicted molar refractivity (Wildman–Crippen MR) is 83.4 cm³/mol. The van der Waals surface area contributed by atoms with Gasteiger partial charge in [-0.25, -0.2) is 9.67 Å². The minimum atomic E-state index is -0.496. The number of amides is 1. The molecule has 0 aliphatic heterocycles. The summed E-state index contributed by atoms with van der Waals surface area (Å²) in [6.45, 7) is 0.232. The second-order valence-electron chi connectivity index (χ2n) is 5.17. The number of nitrogens with two attached hydrogens (primary N) is 1. The first-order valence-corrected chi connectivity index (χ1v) is 7.19. The average Bonchev–Trinajstić information content (AvgIpc) is 3.27. The molecule has 0 saturated heterocycles. The second-order valence-corrected chi connectivity index (χ2v) is 5.17. The van der Waals surface area contributed by atoms with Gasteiger partial charge in [0.1, 0.15) is 13.1 Å². The Labute approximate surface area is 135 Å². The van der Waals surface area contributed by atoms with E-state index in [1.54, 1.807) is 18.6 Å². The van der Waals surface area contributed by atoms with E-state index in [0.29, 0.717) is 18.2 Å². The Bertz CT molecular complexity index is 999. The van der Waals surface area contributed by atoms with E-state index >= 15 is 0 Å². The van der Waals surface area contributed by atoms with E-state index in [-0.39, 0.29) is 6.54 Å². The van der Waals surface area contributed by atoms with Gasteiger partial charge in [-0.3, -0.25) is 9.89 Å². The zero-order chi connectivity index (χ0) is 16.5. The van der Waals surface area contributed by atoms with Crippen molar-refractivity contribution >= 4 is 16.8 Å². The topological polar surface area (TPSA) is 133 Å². The van der Waals surface area contributed by atoms with E-state index in [0.717, 1.165) is 16.5 Å². The van der Waals surface area contributed by atoms with Crippen molar-refractivity contribution in [1.29, 1.82) is 0 Å². The van der Waals surface area contributed by atoms with Gasteiger partial charge in [-0.15, -0.1) is 0 Å². The third-order valence-corrected chi connectivity index (χ3v) is 3.50. The van der Waals surface area contributed by atoms with Gasteiger partial charge in [0.2, 0.25) is 5.91 Å². The summed E-state index contributed by atoms with van der Waals surface area (Å²) in [7, 11) is 0. The van der Waals surface area contributed by atoms with Crippen molar-refractivity contribution in [3.05, 3.63) is 42.6 Å². The highest BCUT2D eigenvalue weighted by molar-refractivity contribution is 5.92. The molecule has 0 aliphatic rings. The van der Waals surface area contributed by atoms with Crippen LogP contribution in [0.4, 0.5) is 0 Å². The van der Waals surface area contributed by atoms with Gasteiger partial charge in [0.25, 0.3) is 0 Å². The first kappa shape index (κ1) is 14.1. The number of nitrogens with zero attached hydrogens (tertiary/aromatic N) is 7. The highest BCUT2D eigenvalue weighted by Crippen LogP contribution is 2.26. The fourth-order valence-electron chi connectivity index (χ4n) is 2.53. The summed E-state index contributed by atoms with van der Waals surface area (Å²) in [6.07, 6.45) is 4.86. The number of H-pyrrole nitrogens is 1. The highest BCUT2D eigenvalue weighted by atomic mass is 16.1. The van der Waals surface area contributed by atoms with Crippen LogP contribution in [0.15, 0.2) is 36.8 Å². The molecule has 0 fully saturated rings. The third-order valence-electron chi connectivity index (χ3n) is 3.50. The quantitative estimate of drug-likeness (QED) is 0.529. The Balaban J connectivity index is 1.82. The number of aromatic nitrogens is 8. The van der Waals surface area contributed by atoms with Crippen molar-refractivity contribution in [2.45, 2.75) is 13.1 Å². The molecule has 4 rings (SSSR count). The first-order chi connectivity index (χ1) is 11.7. The fraction of sp³-hybridized carbons (Fsp3) is 0.143. The van der Waals surface area contributed by atoms with Crippen LogP contribution in [-0.2, 0) is 17.9 Å². The summed E-state index contributed by atoms with van der Waals surface area (Å²) in [5, 5.41) is 20.3. The molecular formula is C14H13N9O. The minimum absolute atomic E-state index is 0.0664. The van der Waals surface area contributed by atoms with Crippen LogP contribution < -0.4 is 5.73 Å². The van der Waals surface area contributed by atoms with Crippen LogP contribution in [0.25, 0.3) is 22.3 Å². The first-order valence-electron chi connectivity index (χ1n) is 7.19. The van der Waals surface area contributed by atoms with Gasteiger partial charge in [-0.05, 0) is 6.07 Å². The number of carbonyl (C=O) groups is 1. The molecule has 1 amide bonds. The van der Waals surface area contributed by atoms with E-state index < -0.39 is 5.91 Å². The van der Waals surface area contributed by atoms with Crippen LogP contribution in [-0.4, -0.2) is 45.9 Å². The Kier molecular flexibility index (Phi) is 3.26. The molecule has 10 heteroatoms. The maximum atomic E-state index is 11.4. The zero-order valence-corrected chi connectivity index (χ0v) is 12.5. The molecule has 0 saturated carbocycles. The molecule has 24 heavy (non-hydrogen) atoms. The Hall–Kier alpha value is -3.56. The minimum Gasteiger partial charge on any atom is -0.368 e. The molecule has 0 bridgehead atoms. The van der Waals surface area contributed by atoms with Gasteiger partial charge < -0.3 is 5.73 Å². The second kappa shape index (κ2) is 5.57. The van der Waals surface area contributed by atoms with E-state index in [1.807, 2.05) is 18.2 Å². The number of primary amides is 1. The Morgan fingerprint density at radius 2 is 2.08 bits per heavy atom. The van der Waals surface area contributed by atoms with Crippen molar-refractivity contribution in [3.63, 3.8) is 0 Å². The summed E-state index contributed by atoms with van der Waals surface area (Å²) in [6, 6.07) is 5.69. The lowest BCUT2D eigenvalue weighted by Gasteiger charge is -2.04. The molecule has 3 heterocycles. The van der Waals surface area contributed by atoms with Crippen LogP contribution in [0, 0.1) is 0 Å². The largest absolute Gasteiger partial charge is 0.368 e. The maximum Gasteiger partial charge on any atom is 0.239 e. The molecule has 4 aromatic rings. The Morgan fingerprint density at radius 3 is 2.88 bits per heavy atom. The van der Waals surface area contributed by atoms with Crippen molar-refractivity contribution in [1.82, 2.24) is 40.0 Å². The molecule has 3 N–H and O–H groups in total. The van der Waals surface area contributed by atoms with E-state index in [1.165, 1.54) is 9.48 Å². The number of carbonyl (C=O) groups excluding carboxylic acids is 1. The maximum absolute atomic E-state index is 11.4. The molecule has 0 radical (unpaired) electrons. The van der Waals surface area contributed by atoms with Gasteiger partial charge in [-0.1, -0.05) is 12.1 Å². The monoisotopic (exact) mass is 323 g/mol. The van der Waals surface area contributed by atoms with Crippen molar-refractivity contribution in [2.75, 3.05) is 0 Å². The van der Waals surface area contributed by atoms with Crippen LogP contribution in [0.2, 0.25) is 0 Å². The summed E-state index contributed by atoms with van der Waals surface area (Å²) >= 11 is 0. The van der Waals surface area contributed by atoms with Crippen molar-refractivity contribution < 1.29 is 4.79 Å². The third kappa shape index (κ3) is 2.49. The van der Waals surface area contributed by atoms with Gasteiger partial charge in [0.15, 0.2) is 11.6 Å². The van der Waals surface area contributed by atoms with Gasteiger partial charge in [-0.2, -0.15) is 25.2 Å². The zero-order valence-electron chi connectivity index (χ0n) is 12.5. The van der Waals surface area contributed by atoms with E-state index in [2.05, 4.69) is 30.5 Å². The number of aromatic amines is 1. The normalized spacial score (nSPS) is 11.2. The molecule has 0 unspecified atom stereocenters. The van der Waals surface area contributed by atoms with Crippen LogP contribution in [0.5, 0.6) is 0 Å². The molecule has 0 atom stereocenters. The van der Waals surface area contributed by atoms with Gasteiger partial charge >= 0.3 is 0 Å². The molecular weight excluding hydrogens is 310 g/mol. The van der Waals surface area contributed by atoms with Crippen LogP contribution in [0.3, 0.4) is 0 Å². The molecule has 10 nitrogen and oxygen atoms in total. The molecule has 120 valence electrons. The summed E-state index contributed by atoms with van der Waals surface area (Å²) in [4.78, 5) is 17.4. The summed E-state index contributed by atoms with van der Waals surface area (Å²) in [5.41, 5.74) is 7.02. The average molecular weight is 323 g/mol. The summed E-state index contributed by atoms with van der Waals surface area (Å²) in [5.74, 6) is 0.537. The van der Waals surface area contributed by atoms with Crippen molar-refractivity contribution in [3.8, 4) is 11.4 Å². The van der Waals surface area contributed by atoms with Gasteiger partial charge in [0.05, 0.1) is 24.1 Å². The van der Waals surface area contributed by atoms with Crippen molar-refractivity contribution in [2.24, 2.45) is 5.73 Å². The molecule has 0 aliphatic carbocycles. The van der Waals surface area contributed by atoms with Gasteiger partial charge in [0, 0.05) is 10.9 Å². The molecule has 1 aromatic carbocycles. The highest BCUT2D eigenvalue weighted by Gasteiger charge is 2.17. The number of benzene rings is 1. The lowest BCUT2D eigenvalue weighted by atomic mass is 10.1. The van der Waals surface area contributed by atoms with Crippen LogP contribution >= 0.6 is 0 Å². The fourth-order valence-corrected chi connectivity index (χ4v) is 2.53. The predicted octanol–water partition coefficient (Wildman–Crippen LogP) is -0.0535. The summed E-state index contributed by atoms with van der Waals surface area (Å²) < 4.78 is 1.49. The smallest absolute Gasteiger partial charge is 0.239 e. The lowest BCUT2D eigenvalue weighted by Crippen LogP contribution is -2.20. The number of nitrogens with one attached hydrogen (secondary N) is 1. The molecule has 0 spiro atoms. The van der Waals surface area contributed by atoms with E-state index in [9.17, 15) is 4.79 Å². The molecule has 3 aromatic heterocycles. The van der Waals surface area contributed by atoms with Crippen LogP contribution in [0.1, 0.15) is 5.82 Å². The Morgan fingerprint density at radius 1 is 1.25 bits per heavy atom. The number of fused-ring (bicyclic) bond motifs is 1. The lowest BCUT2D eigenvalue weighted by molar-refractivity contribution is -0.118.